The first-order chi connectivity index (χ1) is 12.2. The molecule has 0 bridgehead atoms. The van der Waals surface area contributed by atoms with E-state index in [0.29, 0.717) is 6.61 Å². The van der Waals surface area contributed by atoms with Crippen molar-refractivity contribution in [2.45, 2.75) is 64.0 Å². The number of fused-ring (bicyclic) bond motifs is 1. The molecule has 4 nitrogen and oxygen atoms in total. The molecule has 1 saturated heterocycles. The number of anilines is 1. The van der Waals surface area contributed by atoms with E-state index in [1.807, 2.05) is 11.8 Å². The van der Waals surface area contributed by atoms with Crippen LogP contribution in [-0.2, 0) is 22.5 Å². The van der Waals surface area contributed by atoms with E-state index in [9.17, 15) is 4.79 Å². The number of rotatable bonds is 5. The molecule has 0 spiro atoms. The van der Waals surface area contributed by atoms with Crippen molar-refractivity contribution in [3.63, 3.8) is 0 Å². The first kappa shape index (κ1) is 17.0. The van der Waals surface area contributed by atoms with Crippen LogP contribution in [0.15, 0.2) is 18.2 Å². The Morgan fingerprint density at radius 2 is 1.88 bits per heavy atom. The molecule has 1 saturated carbocycles. The second-order valence-electron chi connectivity index (χ2n) is 7.74. The van der Waals surface area contributed by atoms with Gasteiger partial charge in [-0.2, -0.15) is 0 Å². The third-order valence-corrected chi connectivity index (χ3v) is 6.18. The van der Waals surface area contributed by atoms with Crippen LogP contribution in [0.25, 0.3) is 0 Å². The summed E-state index contributed by atoms with van der Waals surface area (Å²) >= 11 is 0. The molecular formula is C21H30N2O2. The SMILES string of the molecule is CCOC1(C(=O)N2CCc3c(CN4CCCC4)cccc32)CCCC1. The van der Waals surface area contributed by atoms with Gasteiger partial charge in [0.05, 0.1) is 0 Å². The molecule has 0 atom stereocenters. The monoisotopic (exact) mass is 342 g/mol. The molecule has 0 aromatic heterocycles. The molecule has 0 unspecified atom stereocenters. The van der Waals surface area contributed by atoms with E-state index < -0.39 is 5.60 Å². The summed E-state index contributed by atoms with van der Waals surface area (Å²) in [7, 11) is 0. The van der Waals surface area contributed by atoms with E-state index in [1.165, 1.54) is 37.1 Å². The van der Waals surface area contributed by atoms with E-state index in [-0.39, 0.29) is 5.91 Å². The Labute approximate surface area is 151 Å². The fraction of sp³-hybridized carbons (Fsp3) is 0.667. The summed E-state index contributed by atoms with van der Waals surface area (Å²) in [6.45, 7) is 6.86. The highest BCUT2D eigenvalue weighted by atomic mass is 16.5. The van der Waals surface area contributed by atoms with E-state index in [4.69, 9.17) is 4.74 Å². The maximum absolute atomic E-state index is 13.4. The quantitative estimate of drug-likeness (QED) is 0.821. The Kier molecular flexibility index (Phi) is 4.83. The van der Waals surface area contributed by atoms with E-state index in [2.05, 4.69) is 23.1 Å². The zero-order chi connectivity index (χ0) is 17.3. The van der Waals surface area contributed by atoms with Crippen molar-refractivity contribution in [1.82, 2.24) is 4.90 Å². The summed E-state index contributed by atoms with van der Waals surface area (Å²) in [5.41, 5.74) is 3.35. The summed E-state index contributed by atoms with van der Waals surface area (Å²) in [6.07, 6.45) is 7.56. The highest BCUT2D eigenvalue weighted by molar-refractivity contribution is 6.01. The molecule has 0 radical (unpaired) electrons. The van der Waals surface area contributed by atoms with Crippen LogP contribution in [0.4, 0.5) is 5.69 Å². The van der Waals surface area contributed by atoms with Gasteiger partial charge in [0.15, 0.2) is 0 Å². The molecule has 1 aromatic carbocycles. The highest BCUT2D eigenvalue weighted by Gasteiger charge is 2.46. The maximum Gasteiger partial charge on any atom is 0.259 e. The molecule has 136 valence electrons. The lowest BCUT2D eigenvalue weighted by atomic mass is 9.99. The zero-order valence-corrected chi connectivity index (χ0v) is 15.4. The standard InChI is InChI=1S/C21H30N2O2/c1-2-25-21(11-3-4-12-21)20(24)23-15-10-18-17(8-7-9-19(18)23)16-22-13-5-6-14-22/h7-9H,2-6,10-16H2,1H3. The van der Waals surface area contributed by atoms with Crippen LogP contribution in [0.3, 0.4) is 0 Å². The van der Waals surface area contributed by atoms with Gasteiger partial charge < -0.3 is 9.64 Å². The predicted molar refractivity (Wildman–Crippen MR) is 99.8 cm³/mol. The average molecular weight is 342 g/mol. The zero-order valence-electron chi connectivity index (χ0n) is 15.4. The Hall–Kier alpha value is -1.39. The first-order valence-corrected chi connectivity index (χ1v) is 10.0. The number of nitrogens with zero attached hydrogens (tertiary/aromatic N) is 2. The second kappa shape index (κ2) is 7.08. The Morgan fingerprint density at radius 3 is 2.60 bits per heavy atom. The number of carbonyl (C=O) groups excluding carboxylic acids is 1. The molecule has 3 aliphatic rings. The van der Waals surface area contributed by atoms with Crippen LogP contribution in [-0.4, -0.2) is 42.6 Å². The molecule has 25 heavy (non-hydrogen) atoms. The average Bonchev–Trinajstić information content (AvgIpc) is 3.36. The normalized spacial score (nSPS) is 22.5. The fourth-order valence-corrected chi connectivity index (χ4v) is 4.94. The van der Waals surface area contributed by atoms with Crippen molar-refractivity contribution in [3.05, 3.63) is 29.3 Å². The van der Waals surface area contributed by atoms with Crippen molar-refractivity contribution in [1.29, 1.82) is 0 Å². The van der Waals surface area contributed by atoms with Crippen LogP contribution in [0.2, 0.25) is 0 Å². The van der Waals surface area contributed by atoms with Gasteiger partial charge in [-0.3, -0.25) is 9.69 Å². The Morgan fingerprint density at radius 1 is 1.12 bits per heavy atom. The van der Waals surface area contributed by atoms with Crippen LogP contribution < -0.4 is 4.90 Å². The molecule has 1 aliphatic carbocycles. The van der Waals surface area contributed by atoms with Gasteiger partial charge in [-0.05, 0) is 82.2 Å². The Balaban J connectivity index is 1.58. The summed E-state index contributed by atoms with van der Waals surface area (Å²) in [5.74, 6) is 0.198. The minimum absolute atomic E-state index is 0.198. The molecule has 2 heterocycles. The van der Waals surface area contributed by atoms with Gasteiger partial charge >= 0.3 is 0 Å². The number of benzene rings is 1. The summed E-state index contributed by atoms with van der Waals surface area (Å²) in [4.78, 5) is 17.9. The van der Waals surface area contributed by atoms with Gasteiger partial charge in [-0.15, -0.1) is 0 Å². The lowest BCUT2D eigenvalue weighted by Gasteiger charge is -2.32. The van der Waals surface area contributed by atoms with E-state index in [0.717, 1.165) is 50.9 Å². The third kappa shape index (κ3) is 3.11. The predicted octanol–water partition coefficient (Wildman–Crippen LogP) is 3.52. The number of amides is 1. The second-order valence-corrected chi connectivity index (χ2v) is 7.74. The molecule has 4 rings (SSSR count). The fourth-order valence-electron chi connectivity index (χ4n) is 4.94. The maximum atomic E-state index is 13.4. The summed E-state index contributed by atoms with van der Waals surface area (Å²) in [5, 5.41) is 0. The van der Waals surface area contributed by atoms with Gasteiger partial charge in [0.25, 0.3) is 5.91 Å². The third-order valence-electron chi connectivity index (χ3n) is 6.18. The molecular weight excluding hydrogens is 312 g/mol. The van der Waals surface area contributed by atoms with Crippen molar-refractivity contribution in [2.24, 2.45) is 0 Å². The van der Waals surface area contributed by atoms with E-state index in [1.54, 1.807) is 0 Å². The van der Waals surface area contributed by atoms with Crippen LogP contribution >= 0.6 is 0 Å². The van der Waals surface area contributed by atoms with Gasteiger partial charge in [0.1, 0.15) is 5.60 Å². The van der Waals surface area contributed by atoms with Crippen LogP contribution in [0.5, 0.6) is 0 Å². The van der Waals surface area contributed by atoms with Crippen molar-refractivity contribution in [3.8, 4) is 0 Å². The minimum atomic E-state index is -0.568. The van der Waals surface area contributed by atoms with Crippen LogP contribution in [0.1, 0.15) is 56.6 Å². The van der Waals surface area contributed by atoms with Crippen molar-refractivity contribution < 1.29 is 9.53 Å². The Bertz CT molecular complexity index is 631. The first-order valence-electron chi connectivity index (χ1n) is 10.0. The van der Waals surface area contributed by atoms with Crippen molar-refractivity contribution in [2.75, 3.05) is 31.1 Å². The van der Waals surface area contributed by atoms with Gasteiger partial charge in [0.2, 0.25) is 0 Å². The molecule has 1 aromatic rings. The van der Waals surface area contributed by atoms with Crippen molar-refractivity contribution >= 4 is 11.6 Å². The molecule has 1 amide bonds. The number of hydrogen-bond acceptors (Lipinski definition) is 3. The topological polar surface area (TPSA) is 32.8 Å². The molecule has 4 heteroatoms. The molecule has 2 aliphatic heterocycles. The smallest absolute Gasteiger partial charge is 0.259 e. The van der Waals surface area contributed by atoms with Gasteiger partial charge in [-0.25, -0.2) is 0 Å². The highest BCUT2D eigenvalue weighted by Crippen LogP contribution is 2.39. The van der Waals surface area contributed by atoms with Gasteiger partial charge in [0, 0.05) is 25.4 Å². The number of ether oxygens (including phenoxy) is 1. The molecule has 0 N–H and O–H groups in total. The van der Waals surface area contributed by atoms with Crippen LogP contribution in [0, 0.1) is 0 Å². The van der Waals surface area contributed by atoms with Gasteiger partial charge in [-0.1, -0.05) is 12.1 Å². The lowest BCUT2D eigenvalue weighted by Crippen LogP contribution is -2.49. The summed E-state index contributed by atoms with van der Waals surface area (Å²) < 4.78 is 6.02. The number of hydrogen-bond donors (Lipinski definition) is 0. The number of likely N-dealkylation sites (tertiary alicyclic amines) is 1. The number of carbonyl (C=O) groups is 1. The van der Waals surface area contributed by atoms with E-state index >= 15 is 0 Å². The summed E-state index contributed by atoms with van der Waals surface area (Å²) in [6, 6.07) is 6.50. The molecule has 2 fully saturated rings. The minimum Gasteiger partial charge on any atom is -0.365 e. The largest absolute Gasteiger partial charge is 0.365 e. The lowest BCUT2D eigenvalue weighted by molar-refractivity contribution is -0.142.